The van der Waals surface area contributed by atoms with Gasteiger partial charge in [-0.25, -0.2) is 4.98 Å². The average Bonchev–Trinajstić information content (AvgIpc) is 2.39. The Hall–Kier alpha value is -1.35. The maximum absolute atomic E-state index is 5.12. The summed E-state index contributed by atoms with van der Waals surface area (Å²) < 4.78 is 5.12. The van der Waals surface area contributed by atoms with E-state index in [1.54, 1.807) is 7.11 Å². The Kier molecular flexibility index (Phi) is 3.57. The molecule has 2 rings (SSSR count). The zero-order valence-electron chi connectivity index (χ0n) is 8.98. The molecule has 0 radical (unpaired) electrons. The predicted octanol–water partition coefficient (Wildman–Crippen LogP) is 3.65. The van der Waals surface area contributed by atoms with Crippen molar-refractivity contribution in [3.05, 3.63) is 48.2 Å². The van der Waals surface area contributed by atoms with Gasteiger partial charge in [0.2, 0.25) is 5.88 Å². The lowest BCUT2D eigenvalue weighted by atomic mass is 10.1. The van der Waals surface area contributed by atoms with E-state index in [1.807, 2.05) is 30.3 Å². The third kappa shape index (κ3) is 2.25. The van der Waals surface area contributed by atoms with Gasteiger partial charge in [-0.1, -0.05) is 46.3 Å². The van der Waals surface area contributed by atoms with E-state index in [0.29, 0.717) is 11.2 Å². The lowest BCUT2D eigenvalue weighted by molar-refractivity contribution is 0.397. The first-order chi connectivity index (χ1) is 7.85. The first-order valence-corrected chi connectivity index (χ1v) is 6.12. The standard InChI is InChI=1S/C13H12BrNO/c1-16-13-8-7-11(12(9-14)15-13)10-5-3-2-4-6-10/h2-8H,9H2,1H3. The molecule has 82 valence electrons. The molecule has 16 heavy (non-hydrogen) atoms. The number of alkyl halides is 1. The van der Waals surface area contributed by atoms with Crippen LogP contribution < -0.4 is 4.74 Å². The third-order valence-corrected chi connectivity index (χ3v) is 2.90. The second-order valence-corrected chi connectivity index (χ2v) is 3.91. The van der Waals surface area contributed by atoms with E-state index in [4.69, 9.17) is 4.74 Å². The topological polar surface area (TPSA) is 22.1 Å². The van der Waals surface area contributed by atoms with Crippen molar-refractivity contribution >= 4 is 15.9 Å². The van der Waals surface area contributed by atoms with Crippen LogP contribution in [-0.4, -0.2) is 12.1 Å². The molecule has 1 aromatic carbocycles. The van der Waals surface area contributed by atoms with Gasteiger partial charge in [-0.3, -0.25) is 0 Å². The van der Waals surface area contributed by atoms with Crippen molar-refractivity contribution in [1.29, 1.82) is 0 Å². The maximum Gasteiger partial charge on any atom is 0.213 e. The summed E-state index contributed by atoms with van der Waals surface area (Å²) in [6.45, 7) is 0. The number of pyridine rings is 1. The largest absolute Gasteiger partial charge is 0.481 e. The highest BCUT2D eigenvalue weighted by Crippen LogP contribution is 2.25. The van der Waals surface area contributed by atoms with Gasteiger partial charge >= 0.3 is 0 Å². The van der Waals surface area contributed by atoms with Gasteiger partial charge in [0, 0.05) is 17.0 Å². The second kappa shape index (κ2) is 5.12. The molecule has 2 nitrogen and oxygen atoms in total. The van der Waals surface area contributed by atoms with E-state index in [9.17, 15) is 0 Å². The average molecular weight is 278 g/mol. The van der Waals surface area contributed by atoms with Crippen LogP contribution in [0.25, 0.3) is 11.1 Å². The minimum Gasteiger partial charge on any atom is -0.481 e. The van der Waals surface area contributed by atoms with Crippen molar-refractivity contribution in [3.8, 4) is 17.0 Å². The highest BCUT2D eigenvalue weighted by atomic mass is 79.9. The van der Waals surface area contributed by atoms with Crippen molar-refractivity contribution in [2.24, 2.45) is 0 Å². The SMILES string of the molecule is COc1ccc(-c2ccccc2)c(CBr)n1. The molecule has 0 saturated heterocycles. The predicted molar refractivity (Wildman–Crippen MR) is 68.9 cm³/mol. The van der Waals surface area contributed by atoms with Crippen LogP contribution in [0.2, 0.25) is 0 Å². The molecule has 0 N–H and O–H groups in total. The van der Waals surface area contributed by atoms with E-state index < -0.39 is 0 Å². The van der Waals surface area contributed by atoms with Crippen LogP contribution in [-0.2, 0) is 5.33 Å². The van der Waals surface area contributed by atoms with Crippen molar-refractivity contribution in [2.75, 3.05) is 7.11 Å². The van der Waals surface area contributed by atoms with Gasteiger partial charge < -0.3 is 4.74 Å². The fourth-order valence-electron chi connectivity index (χ4n) is 1.58. The molecule has 0 aliphatic rings. The second-order valence-electron chi connectivity index (χ2n) is 3.35. The molecule has 0 atom stereocenters. The van der Waals surface area contributed by atoms with Crippen LogP contribution in [0.4, 0.5) is 0 Å². The van der Waals surface area contributed by atoms with Crippen LogP contribution in [0.3, 0.4) is 0 Å². The Morgan fingerprint density at radius 3 is 2.50 bits per heavy atom. The number of benzene rings is 1. The fourth-order valence-corrected chi connectivity index (χ4v) is 2.00. The van der Waals surface area contributed by atoms with Gasteiger partial charge in [-0.2, -0.15) is 0 Å². The van der Waals surface area contributed by atoms with E-state index in [-0.39, 0.29) is 0 Å². The van der Waals surface area contributed by atoms with E-state index in [0.717, 1.165) is 11.3 Å². The monoisotopic (exact) mass is 277 g/mol. The molecule has 0 spiro atoms. The molecule has 3 heteroatoms. The van der Waals surface area contributed by atoms with Gasteiger partial charge in [0.15, 0.2) is 0 Å². The smallest absolute Gasteiger partial charge is 0.213 e. The number of halogens is 1. The summed E-state index contributed by atoms with van der Waals surface area (Å²) in [6.07, 6.45) is 0. The van der Waals surface area contributed by atoms with Gasteiger partial charge in [0.1, 0.15) is 0 Å². The van der Waals surface area contributed by atoms with Crippen molar-refractivity contribution < 1.29 is 4.74 Å². The van der Waals surface area contributed by atoms with Crippen LogP contribution in [0, 0.1) is 0 Å². The number of hydrogen-bond donors (Lipinski definition) is 0. The normalized spacial score (nSPS) is 10.1. The Labute approximate surface area is 103 Å². The van der Waals surface area contributed by atoms with Crippen molar-refractivity contribution in [1.82, 2.24) is 4.98 Å². The van der Waals surface area contributed by atoms with Gasteiger partial charge in [0.25, 0.3) is 0 Å². The Bertz CT molecular complexity index is 471. The van der Waals surface area contributed by atoms with Crippen molar-refractivity contribution in [3.63, 3.8) is 0 Å². The number of rotatable bonds is 3. The Balaban J connectivity index is 2.49. The summed E-state index contributed by atoms with van der Waals surface area (Å²) in [6, 6.07) is 14.1. The van der Waals surface area contributed by atoms with E-state index >= 15 is 0 Å². The first-order valence-electron chi connectivity index (χ1n) is 5.00. The molecule has 0 aliphatic carbocycles. The number of nitrogens with zero attached hydrogens (tertiary/aromatic N) is 1. The van der Waals surface area contributed by atoms with Gasteiger partial charge in [-0.05, 0) is 11.6 Å². The highest BCUT2D eigenvalue weighted by Gasteiger charge is 2.06. The van der Waals surface area contributed by atoms with E-state index in [1.165, 1.54) is 5.56 Å². The Morgan fingerprint density at radius 2 is 1.88 bits per heavy atom. The summed E-state index contributed by atoms with van der Waals surface area (Å²) in [4.78, 5) is 4.42. The molecule has 0 saturated carbocycles. The van der Waals surface area contributed by atoms with Crippen LogP contribution in [0.5, 0.6) is 5.88 Å². The first kappa shape index (κ1) is 11.1. The van der Waals surface area contributed by atoms with Crippen LogP contribution in [0.1, 0.15) is 5.69 Å². The lowest BCUT2D eigenvalue weighted by Crippen LogP contribution is -1.94. The number of aromatic nitrogens is 1. The Morgan fingerprint density at radius 1 is 1.12 bits per heavy atom. The minimum atomic E-state index is 0.647. The molecule has 0 bridgehead atoms. The molecule has 1 heterocycles. The molecule has 1 aromatic heterocycles. The van der Waals surface area contributed by atoms with Crippen LogP contribution >= 0.6 is 15.9 Å². The zero-order chi connectivity index (χ0) is 11.4. The highest BCUT2D eigenvalue weighted by molar-refractivity contribution is 9.08. The number of hydrogen-bond acceptors (Lipinski definition) is 2. The zero-order valence-corrected chi connectivity index (χ0v) is 10.6. The summed E-state index contributed by atoms with van der Waals surface area (Å²) >= 11 is 3.45. The summed E-state index contributed by atoms with van der Waals surface area (Å²) in [5.74, 6) is 0.647. The number of ether oxygens (including phenoxy) is 1. The molecule has 0 fully saturated rings. The molecule has 2 aromatic rings. The number of methoxy groups -OCH3 is 1. The minimum absolute atomic E-state index is 0.647. The molecular formula is C13H12BrNO. The molecule has 0 amide bonds. The third-order valence-electron chi connectivity index (χ3n) is 2.37. The lowest BCUT2D eigenvalue weighted by Gasteiger charge is -2.08. The maximum atomic E-state index is 5.12. The molecular weight excluding hydrogens is 266 g/mol. The molecule has 0 unspecified atom stereocenters. The fraction of sp³-hybridized carbons (Fsp3) is 0.154. The summed E-state index contributed by atoms with van der Waals surface area (Å²) in [5.41, 5.74) is 3.30. The molecule has 0 aliphatic heterocycles. The quantitative estimate of drug-likeness (QED) is 0.799. The summed E-state index contributed by atoms with van der Waals surface area (Å²) in [5, 5.41) is 0.717. The summed E-state index contributed by atoms with van der Waals surface area (Å²) in [7, 11) is 1.63. The van der Waals surface area contributed by atoms with Crippen LogP contribution in [0.15, 0.2) is 42.5 Å². The van der Waals surface area contributed by atoms with E-state index in [2.05, 4.69) is 33.0 Å². The van der Waals surface area contributed by atoms with Gasteiger partial charge in [-0.15, -0.1) is 0 Å². The van der Waals surface area contributed by atoms with Gasteiger partial charge in [0.05, 0.1) is 12.8 Å². The van der Waals surface area contributed by atoms with Crippen molar-refractivity contribution in [2.45, 2.75) is 5.33 Å².